The van der Waals surface area contributed by atoms with Gasteiger partial charge in [-0.2, -0.15) is 18.2 Å². The number of imidazole rings is 1. The predicted molar refractivity (Wildman–Crippen MR) is 131 cm³/mol. The van der Waals surface area contributed by atoms with Crippen LogP contribution in [-0.2, 0) is 11.0 Å². The molecule has 1 saturated heterocycles. The number of carboxylic acids is 1. The number of benzene rings is 1. The summed E-state index contributed by atoms with van der Waals surface area (Å²) in [5.41, 5.74) is -0.477. The number of nitrogens with zero attached hydrogens (tertiary/aromatic N) is 6. The molecule has 1 fully saturated rings. The monoisotopic (exact) mass is 542 g/mol. The van der Waals surface area contributed by atoms with Crippen LogP contribution >= 0.6 is 0 Å². The van der Waals surface area contributed by atoms with Gasteiger partial charge in [0, 0.05) is 31.3 Å². The minimum Gasteiger partial charge on any atom is -0.481 e. The first kappa shape index (κ1) is 26.5. The quantitative estimate of drug-likeness (QED) is 0.336. The lowest BCUT2D eigenvalue weighted by Gasteiger charge is -2.33. The van der Waals surface area contributed by atoms with Crippen LogP contribution in [0.25, 0.3) is 28.8 Å². The van der Waals surface area contributed by atoms with Gasteiger partial charge in [-0.25, -0.2) is 9.97 Å². The Hall–Kier alpha value is -4.10. The van der Waals surface area contributed by atoms with Crippen molar-refractivity contribution in [1.29, 1.82) is 0 Å². The highest BCUT2D eigenvalue weighted by Gasteiger charge is 2.41. The largest absolute Gasteiger partial charge is 0.481 e. The number of β-amino-alcohol motifs (C(OH)–C–C–N with tert-alkyl or cyclic N) is 1. The molecule has 39 heavy (non-hydrogen) atoms. The van der Waals surface area contributed by atoms with Crippen molar-refractivity contribution in [2.45, 2.75) is 31.5 Å². The second-order valence-electron chi connectivity index (χ2n) is 9.42. The van der Waals surface area contributed by atoms with E-state index < -0.39 is 35.5 Å². The number of likely N-dealkylation sites (tertiary alicyclic amines) is 1. The molecular formula is C26H25F3N6O4. The van der Waals surface area contributed by atoms with Crippen molar-refractivity contribution in [2.24, 2.45) is 5.92 Å². The third-order valence-electron chi connectivity index (χ3n) is 6.61. The van der Waals surface area contributed by atoms with Crippen LogP contribution in [0.1, 0.15) is 36.6 Å². The van der Waals surface area contributed by atoms with Gasteiger partial charge >= 0.3 is 12.1 Å². The van der Waals surface area contributed by atoms with Crippen LogP contribution in [0.5, 0.6) is 0 Å². The molecule has 0 aliphatic carbocycles. The molecule has 1 aliphatic rings. The number of piperidine rings is 1. The molecule has 5 rings (SSSR count). The molecule has 204 valence electrons. The molecule has 4 aromatic rings. The van der Waals surface area contributed by atoms with E-state index in [4.69, 9.17) is 9.63 Å². The maximum absolute atomic E-state index is 14.0. The van der Waals surface area contributed by atoms with Crippen molar-refractivity contribution in [1.82, 2.24) is 29.6 Å². The highest BCUT2D eigenvalue weighted by Crippen LogP contribution is 2.37. The molecule has 1 aromatic carbocycles. The SMILES string of the molecule is O=C(O)C[C@H]1CCCN(C[C@H](O)c2ccc(-c3noc(-c4ncn(-c5ccccn5)c4C(F)(F)F)n3)cc2)C1. The fraction of sp³-hybridized carbons (Fsp3) is 0.346. The number of carboxylic acid groups (broad SMARTS) is 1. The number of aromatic nitrogens is 5. The summed E-state index contributed by atoms with van der Waals surface area (Å²) in [4.78, 5) is 25.1. The first-order chi connectivity index (χ1) is 18.7. The lowest BCUT2D eigenvalue weighted by molar-refractivity contribution is -0.142. The third-order valence-corrected chi connectivity index (χ3v) is 6.61. The van der Waals surface area contributed by atoms with Crippen molar-refractivity contribution in [3.8, 4) is 28.8 Å². The molecule has 3 aromatic heterocycles. The van der Waals surface area contributed by atoms with Crippen molar-refractivity contribution in [2.75, 3.05) is 19.6 Å². The molecule has 0 radical (unpaired) electrons. The van der Waals surface area contributed by atoms with Crippen molar-refractivity contribution in [3.05, 3.63) is 66.2 Å². The molecule has 0 bridgehead atoms. The molecule has 0 amide bonds. The normalized spacial score (nSPS) is 17.3. The van der Waals surface area contributed by atoms with Gasteiger partial charge in [-0.05, 0) is 43.0 Å². The molecule has 1 aliphatic heterocycles. The summed E-state index contributed by atoms with van der Waals surface area (Å²) >= 11 is 0. The van der Waals surface area contributed by atoms with Crippen LogP contribution in [0.15, 0.2) is 59.5 Å². The number of hydrogen-bond donors (Lipinski definition) is 2. The van der Waals surface area contributed by atoms with Crippen molar-refractivity contribution >= 4 is 5.97 Å². The smallest absolute Gasteiger partial charge is 0.434 e. The Balaban J connectivity index is 1.31. The standard InChI is InChI=1S/C26H25F3N6O4/c27-26(28,29)23-22(31-15-35(23)20-5-1-2-10-30-20)25-32-24(33-39-25)18-8-6-17(7-9-18)19(36)14-34-11-3-4-16(13-34)12-21(37)38/h1-2,5-10,15-16,19,36H,3-4,11-14H2,(H,37,38)/t16-,19+/m1/s1. The second-order valence-corrected chi connectivity index (χ2v) is 9.42. The van der Waals surface area contributed by atoms with Gasteiger partial charge in [-0.3, -0.25) is 9.36 Å². The molecule has 0 saturated carbocycles. The van der Waals surface area contributed by atoms with Gasteiger partial charge < -0.3 is 19.6 Å². The van der Waals surface area contributed by atoms with Gasteiger partial charge in [-0.1, -0.05) is 35.5 Å². The summed E-state index contributed by atoms with van der Waals surface area (Å²) < 4.78 is 47.9. The number of rotatable bonds is 8. The Bertz CT molecular complexity index is 1420. The maximum Gasteiger partial charge on any atom is 0.434 e. The lowest BCUT2D eigenvalue weighted by Crippen LogP contribution is -2.38. The van der Waals surface area contributed by atoms with E-state index >= 15 is 0 Å². The molecule has 13 heteroatoms. The first-order valence-corrected chi connectivity index (χ1v) is 12.3. The number of halogens is 3. The van der Waals surface area contributed by atoms with E-state index in [0.717, 1.165) is 30.3 Å². The summed E-state index contributed by atoms with van der Waals surface area (Å²) in [5.74, 6) is -1.04. The van der Waals surface area contributed by atoms with Gasteiger partial charge in [0.15, 0.2) is 11.4 Å². The zero-order valence-corrected chi connectivity index (χ0v) is 20.6. The number of carbonyl (C=O) groups is 1. The predicted octanol–water partition coefficient (Wildman–Crippen LogP) is 4.22. The number of pyridine rings is 1. The first-order valence-electron chi connectivity index (χ1n) is 12.3. The fourth-order valence-electron chi connectivity index (χ4n) is 4.82. The fourth-order valence-corrected chi connectivity index (χ4v) is 4.82. The van der Waals surface area contributed by atoms with E-state index in [-0.39, 0.29) is 24.0 Å². The number of hydrogen-bond acceptors (Lipinski definition) is 8. The Morgan fingerprint density at radius 1 is 1.15 bits per heavy atom. The van der Waals surface area contributed by atoms with Crippen molar-refractivity contribution < 1.29 is 32.7 Å². The minimum absolute atomic E-state index is 0.0411. The number of alkyl halides is 3. The van der Waals surface area contributed by atoms with Crippen LogP contribution in [0.4, 0.5) is 13.2 Å². The average molecular weight is 543 g/mol. The van der Waals surface area contributed by atoms with E-state index in [1.54, 1.807) is 36.4 Å². The van der Waals surface area contributed by atoms with Crippen LogP contribution in [-0.4, -0.2) is 65.4 Å². The van der Waals surface area contributed by atoms with Gasteiger partial charge in [0.2, 0.25) is 5.82 Å². The van der Waals surface area contributed by atoms with E-state index in [1.165, 1.54) is 12.3 Å². The molecule has 2 atom stereocenters. The van der Waals surface area contributed by atoms with Crippen molar-refractivity contribution in [3.63, 3.8) is 0 Å². The summed E-state index contributed by atoms with van der Waals surface area (Å²) in [6, 6.07) is 11.2. The third kappa shape index (κ3) is 5.99. The molecule has 2 N–H and O–H groups in total. The summed E-state index contributed by atoms with van der Waals surface area (Å²) in [5, 5.41) is 23.6. The highest BCUT2D eigenvalue weighted by molar-refractivity contribution is 5.67. The van der Waals surface area contributed by atoms with Crippen LogP contribution in [0.2, 0.25) is 0 Å². The molecule has 4 heterocycles. The van der Waals surface area contributed by atoms with E-state index in [2.05, 4.69) is 25.0 Å². The second kappa shape index (κ2) is 10.9. The number of aliphatic carboxylic acids is 1. The van der Waals surface area contributed by atoms with Crippen LogP contribution < -0.4 is 0 Å². The van der Waals surface area contributed by atoms with Crippen LogP contribution in [0, 0.1) is 5.92 Å². The lowest BCUT2D eigenvalue weighted by atomic mass is 9.94. The minimum atomic E-state index is -4.77. The summed E-state index contributed by atoms with van der Waals surface area (Å²) in [6.45, 7) is 1.76. The van der Waals surface area contributed by atoms with E-state index in [0.29, 0.717) is 24.2 Å². The zero-order chi connectivity index (χ0) is 27.6. The molecule has 0 spiro atoms. The molecule has 10 nitrogen and oxygen atoms in total. The van der Waals surface area contributed by atoms with E-state index in [1.807, 2.05) is 0 Å². The Morgan fingerprint density at radius 3 is 2.64 bits per heavy atom. The average Bonchev–Trinajstić information content (AvgIpc) is 3.57. The van der Waals surface area contributed by atoms with Gasteiger partial charge in [0.25, 0.3) is 5.89 Å². The Kier molecular flexibility index (Phi) is 7.44. The molecular weight excluding hydrogens is 517 g/mol. The number of aliphatic hydroxyl groups excluding tert-OH is 1. The van der Waals surface area contributed by atoms with Gasteiger partial charge in [-0.15, -0.1) is 0 Å². The topological polar surface area (TPSA) is 130 Å². The zero-order valence-electron chi connectivity index (χ0n) is 20.6. The van der Waals surface area contributed by atoms with Crippen LogP contribution in [0.3, 0.4) is 0 Å². The molecule has 0 unspecified atom stereocenters. The van der Waals surface area contributed by atoms with Gasteiger partial charge in [0.05, 0.1) is 6.10 Å². The summed E-state index contributed by atoms with van der Waals surface area (Å²) in [7, 11) is 0. The van der Waals surface area contributed by atoms with Gasteiger partial charge in [0.1, 0.15) is 12.1 Å². The maximum atomic E-state index is 14.0. The Labute approximate surface area is 220 Å². The Morgan fingerprint density at radius 2 is 1.95 bits per heavy atom. The number of aliphatic hydroxyl groups is 1. The summed E-state index contributed by atoms with van der Waals surface area (Å²) in [6.07, 6.45) is -1.34. The highest BCUT2D eigenvalue weighted by atomic mass is 19.4. The van der Waals surface area contributed by atoms with E-state index in [9.17, 15) is 23.1 Å².